The zero-order valence-corrected chi connectivity index (χ0v) is 34.9. The summed E-state index contributed by atoms with van der Waals surface area (Å²) in [4.78, 5) is 9.87. The number of thioether (sulfide) groups is 2. The van der Waals surface area contributed by atoms with Crippen molar-refractivity contribution in [1.29, 1.82) is 16.2 Å². The van der Waals surface area contributed by atoms with Gasteiger partial charge in [-0.1, -0.05) is 130 Å². The highest BCUT2D eigenvalue weighted by Gasteiger charge is 2.38. The summed E-state index contributed by atoms with van der Waals surface area (Å²) in [6, 6.07) is 32.3. The topological polar surface area (TPSA) is 123 Å². The standard InChI is InChI=1S/C50H46N6S2/c1-49(2)37-16-7-5-14-33(37)35-24-22-29(27-39(35)49)41-18-10-20-43(55-41)47(53)57-45(51)31-12-9-13-32(26-31)46(52)58-48(54)44-21-11-19-42(56-44)30-23-25-36-34-15-6-8-17-38(34)50(3,4)40(36)28-30/h5-6,9-15,18-28,47,51-52,54H,7-8,16-17,53H2,1-4H3. The Kier molecular flexibility index (Phi) is 9.70. The third-order valence-corrected chi connectivity index (χ3v) is 14.1. The number of benzene rings is 3. The van der Waals surface area contributed by atoms with Gasteiger partial charge in [0.15, 0.2) is 0 Å². The fourth-order valence-corrected chi connectivity index (χ4v) is 10.6. The van der Waals surface area contributed by atoms with Gasteiger partial charge < -0.3 is 5.73 Å². The Morgan fingerprint density at radius 1 is 0.621 bits per heavy atom. The molecule has 0 aliphatic heterocycles. The summed E-state index contributed by atoms with van der Waals surface area (Å²) in [5, 5.41) is 27.0. The van der Waals surface area contributed by atoms with E-state index in [9.17, 15) is 0 Å². The van der Waals surface area contributed by atoms with Crippen molar-refractivity contribution in [3.05, 3.63) is 177 Å². The first-order chi connectivity index (χ1) is 27.9. The lowest BCUT2D eigenvalue weighted by Gasteiger charge is -2.26. The molecule has 1 atom stereocenters. The first-order valence-corrected chi connectivity index (χ1v) is 21.6. The van der Waals surface area contributed by atoms with Crippen molar-refractivity contribution in [3.63, 3.8) is 0 Å². The molecule has 8 heteroatoms. The molecule has 5 aromatic rings. The van der Waals surface area contributed by atoms with Crippen molar-refractivity contribution < 1.29 is 0 Å². The summed E-state index contributed by atoms with van der Waals surface area (Å²) < 4.78 is 0. The normalized spacial score (nSPS) is 17.4. The molecule has 0 amide bonds. The number of nitrogens with one attached hydrogen (secondary N) is 3. The molecule has 5 N–H and O–H groups in total. The Balaban J connectivity index is 0.865. The molecule has 4 aliphatic rings. The van der Waals surface area contributed by atoms with Crippen molar-refractivity contribution in [2.75, 3.05) is 0 Å². The molecule has 0 radical (unpaired) electrons. The second-order valence-electron chi connectivity index (χ2n) is 16.5. The Hall–Kier alpha value is -5.41. The molecule has 3 aromatic carbocycles. The number of aromatic nitrogens is 2. The van der Waals surface area contributed by atoms with Crippen molar-refractivity contribution in [3.8, 4) is 22.5 Å². The Morgan fingerprint density at radius 2 is 1.16 bits per heavy atom. The van der Waals surface area contributed by atoms with Gasteiger partial charge in [-0.25, -0.2) is 4.98 Å². The quantitative estimate of drug-likeness (QED) is 0.0742. The van der Waals surface area contributed by atoms with Gasteiger partial charge in [0, 0.05) is 33.1 Å². The maximum atomic E-state index is 8.98. The van der Waals surface area contributed by atoms with E-state index in [-0.39, 0.29) is 26.0 Å². The minimum Gasteiger partial charge on any atom is -0.314 e. The molecule has 0 fully saturated rings. The predicted octanol–water partition coefficient (Wildman–Crippen LogP) is 12.4. The highest BCUT2D eigenvalue weighted by Crippen LogP contribution is 2.52. The molecule has 0 saturated heterocycles. The third kappa shape index (κ3) is 6.67. The van der Waals surface area contributed by atoms with Crippen LogP contribution in [0.25, 0.3) is 33.7 Å². The second-order valence-corrected chi connectivity index (χ2v) is 18.7. The summed E-state index contributed by atoms with van der Waals surface area (Å²) in [5.41, 5.74) is 23.9. The van der Waals surface area contributed by atoms with Gasteiger partial charge in [0.05, 0.1) is 33.2 Å². The number of pyridine rings is 2. The number of rotatable bonds is 7. The zero-order chi connectivity index (χ0) is 40.3. The smallest absolute Gasteiger partial charge is 0.119 e. The fourth-order valence-electron chi connectivity index (χ4n) is 9.13. The summed E-state index contributed by atoms with van der Waals surface area (Å²) >= 11 is 2.29. The number of fused-ring (bicyclic) bond motifs is 4. The van der Waals surface area contributed by atoms with Gasteiger partial charge in [0.1, 0.15) is 10.1 Å². The first kappa shape index (κ1) is 38.1. The zero-order valence-electron chi connectivity index (χ0n) is 33.2. The summed E-state index contributed by atoms with van der Waals surface area (Å²) in [6.07, 6.45) is 13.5. The average Bonchev–Trinajstić information content (AvgIpc) is 3.62. The minimum absolute atomic E-state index is 0.0213. The lowest BCUT2D eigenvalue weighted by Crippen LogP contribution is -2.17. The molecule has 9 rings (SSSR count). The van der Waals surface area contributed by atoms with E-state index in [0.717, 1.165) is 60.0 Å². The summed E-state index contributed by atoms with van der Waals surface area (Å²) in [6.45, 7) is 9.28. The fraction of sp³-hybridized carbons (Fsp3) is 0.220. The lowest BCUT2D eigenvalue weighted by molar-refractivity contribution is 0.607. The van der Waals surface area contributed by atoms with Crippen LogP contribution < -0.4 is 5.73 Å². The number of nitrogens with two attached hydrogens (primary N) is 1. The molecular formula is C50H46N6S2. The second kappa shape index (κ2) is 14.8. The molecule has 0 saturated carbocycles. The SMILES string of the molecule is CC1(C)C2=C(C=CCC2)c2ccc(-c3cccc(C(=N)SC(=N)c4cccc(C(=N)SC(N)c5cccc(-c6ccc7c(c6)C(C)(C)C6=C7C=CCC6)n5)c4)n3)cc21. The van der Waals surface area contributed by atoms with Crippen LogP contribution in [0, 0.1) is 16.2 Å². The monoisotopic (exact) mass is 794 g/mol. The van der Waals surface area contributed by atoms with Gasteiger partial charge >= 0.3 is 0 Å². The van der Waals surface area contributed by atoms with E-state index in [1.165, 1.54) is 56.3 Å². The number of hydrogen-bond donors (Lipinski definition) is 4. The average molecular weight is 795 g/mol. The van der Waals surface area contributed by atoms with E-state index < -0.39 is 5.37 Å². The van der Waals surface area contributed by atoms with Crippen molar-refractivity contribution in [2.45, 2.75) is 69.6 Å². The minimum atomic E-state index is -0.559. The van der Waals surface area contributed by atoms with Crippen LogP contribution in [-0.4, -0.2) is 25.1 Å². The van der Waals surface area contributed by atoms with E-state index in [2.05, 4.69) is 88.4 Å². The molecule has 0 spiro atoms. The van der Waals surface area contributed by atoms with Crippen molar-refractivity contribution >= 4 is 49.8 Å². The van der Waals surface area contributed by atoms with Crippen molar-refractivity contribution in [2.24, 2.45) is 5.73 Å². The van der Waals surface area contributed by atoms with Gasteiger partial charge in [-0.2, -0.15) is 0 Å². The van der Waals surface area contributed by atoms with E-state index >= 15 is 0 Å². The van der Waals surface area contributed by atoms with Crippen LogP contribution >= 0.6 is 23.5 Å². The molecule has 58 heavy (non-hydrogen) atoms. The highest BCUT2D eigenvalue weighted by atomic mass is 32.2. The number of nitrogens with zero attached hydrogens (tertiary/aromatic N) is 2. The molecule has 1 unspecified atom stereocenters. The largest absolute Gasteiger partial charge is 0.314 e. The summed E-state index contributed by atoms with van der Waals surface area (Å²) in [7, 11) is 0. The number of hydrogen-bond acceptors (Lipinski definition) is 8. The van der Waals surface area contributed by atoms with Crippen LogP contribution in [0.5, 0.6) is 0 Å². The molecule has 4 aliphatic carbocycles. The lowest BCUT2D eigenvalue weighted by atomic mass is 9.78. The molecule has 0 bridgehead atoms. The predicted molar refractivity (Wildman–Crippen MR) is 245 cm³/mol. The van der Waals surface area contributed by atoms with Crippen LogP contribution in [0.1, 0.15) is 104 Å². The molecular weight excluding hydrogens is 749 g/mol. The van der Waals surface area contributed by atoms with E-state index in [1.807, 2.05) is 60.7 Å². The number of allylic oxidation sites excluding steroid dienone is 8. The van der Waals surface area contributed by atoms with Crippen LogP contribution in [0.2, 0.25) is 0 Å². The first-order valence-electron chi connectivity index (χ1n) is 19.9. The van der Waals surface area contributed by atoms with Crippen LogP contribution in [0.15, 0.2) is 133 Å². The van der Waals surface area contributed by atoms with E-state index in [1.54, 1.807) is 0 Å². The Labute approximate surface area is 349 Å². The van der Waals surface area contributed by atoms with Gasteiger partial charge in [-0.05, 0) is 113 Å². The van der Waals surface area contributed by atoms with E-state index in [4.69, 9.17) is 31.9 Å². The van der Waals surface area contributed by atoms with Crippen molar-refractivity contribution in [1.82, 2.24) is 9.97 Å². The van der Waals surface area contributed by atoms with Gasteiger partial charge in [-0.15, -0.1) is 0 Å². The Morgan fingerprint density at radius 3 is 1.76 bits per heavy atom. The molecule has 6 nitrogen and oxygen atoms in total. The van der Waals surface area contributed by atoms with Crippen LogP contribution in [-0.2, 0) is 10.8 Å². The third-order valence-electron chi connectivity index (χ3n) is 12.3. The maximum Gasteiger partial charge on any atom is 0.119 e. The molecule has 2 aromatic heterocycles. The van der Waals surface area contributed by atoms with Crippen LogP contribution in [0.3, 0.4) is 0 Å². The van der Waals surface area contributed by atoms with Crippen LogP contribution in [0.4, 0.5) is 0 Å². The van der Waals surface area contributed by atoms with Gasteiger partial charge in [0.2, 0.25) is 0 Å². The van der Waals surface area contributed by atoms with Gasteiger partial charge in [-0.3, -0.25) is 21.2 Å². The molecule has 2 heterocycles. The van der Waals surface area contributed by atoms with E-state index in [0.29, 0.717) is 22.5 Å². The van der Waals surface area contributed by atoms with Gasteiger partial charge in [0.25, 0.3) is 0 Å². The maximum absolute atomic E-state index is 8.98. The Bertz CT molecular complexity index is 2710. The molecule has 288 valence electrons. The summed E-state index contributed by atoms with van der Waals surface area (Å²) in [5.74, 6) is 0. The highest BCUT2D eigenvalue weighted by molar-refractivity contribution is 8.27.